The Bertz CT molecular complexity index is 722. The molecule has 0 aliphatic rings. The molecule has 0 unspecified atom stereocenters. The zero-order valence-electron chi connectivity index (χ0n) is 11.1. The minimum atomic E-state index is -4.25. The number of hydrogen-bond donors (Lipinski definition) is 3. The molecule has 1 aromatic rings. The van der Waals surface area contributed by atoms with E-state index in [0.29, 0.717) is 0 Å². The SMILES string of the molecule is CCNS(=O)(=O)CCNS(=O)(=O)c1cc(Cl)cc(N)c1F. The molecule has 4 N–H and O–H groups in total. The van der Waals surface area contributed by atoms with Crippen molar-refractivity contribution < 1.29 is 21.2 Å². The van der Waals surface area contributed by atoms with Gasteiger partial charge in [-0.3, -0.25) is 0 Å². The molecule has 11 heteroatoms. The van der Waals surface area contributed by atoms with Gasteiger partial charge in [-0.05, 0) is 12.1 Å². The summed E-state index contributed by atoms with van der Waals surface area (Å²) in [5.74, 6) is -1.61. The van der Waals surface area contributed by atoms with Crippen LogP contribution in [0.5, 0.6) is 0 Å². The minimum Gasteiger partial charge on any atom is -0.396 e. The van der Waals surface area contributed by atoms with Crippen LogP contribution in [0.15, 0.2) is 17.0 Å². The number of rotatable bonds is 7. The van der Waals surface area contributed by atoms with Crippen molar-refractivity contribution in [2.24, 2.45) is 0 Å². The molecule has 1 aromatic carbocycles. The van der Waals surface area contributed by atoms with Crippen LogP contribution in [-0.2, 0) is 20.0 Å². The lowest BCUT2D eigenvalue weighted by atomic mass is 10.3. The molecule has 7 nitrogen and oxygen atoms in total. The van der Waals surface area contributed by atoms with Crippen LogP contribution in [0.25, 0.3) is 0 Å². The summed E-state index contributed by atoms with van der Waals surface area (Å²) in [5.41, 5.74) is 4.88. The predicted octanol–water partition coefficient (Wildman–Crippen LogP) is 0.279. The lowest BCUT2D eigenvalue weighted by molar-refractivity contribution is 0.559. The molecule has 0 radical (unpaired) electrons. The normalized spacial score (nSPS) is 12.5. The van der Waals surface area contributed by atoms with Gasteiger partial charge in [0, 0.05) is 18.1 Å². The smallest absolute Gasteiger partial charge is 0.243 e. The number of benzene rings is 1. The van der Waals surface area contributed by atoms with E-state index in [1.54, 1.807) is 6.92 Å². The number of hydrogen-bond acceptors (Lipinski definition) is 5. The van der Waals surface area contributed by atoms with Crippen LogP contribution in [-0.4, -0.2) is 35.7 Å². The van der Waals surface area contributed by atoms with Gasteiger partial charge < -0.3 is 5.73 Å². The number of halogens is 2. The van der Waals surface area contributed by atoms with Gasteiger partial charge in [0.1, 0.15) is 4.90 Å². The molecule has 0 bridgehead atoms. The van der Waals surface area contributed by atoms with Gasteiger partial charge in [-0.1, -0.05) is 18.5 Å². The van der Waals surface area contributed by atoms with Crippen LogP contribution in [0.4, 0.5) is 10.1 Å². The van der Waals surface area contributed by atoms with Crippen LogP contribution in [0.3, 0.4) is 0 Å². The second-order valence-corrected chi connectivity index (χ2v) is 8.12. The lowest BCUT2D eigenvalue weighted by Crippen LogP contribution is -2.34. The molecule has 0 amide bonds. The molecule has 120 valence electrons. The molecule has 0 aliphatic heterocycles. The van der Waals surface area contributed by atoms with Crippen molar-refractivity contribution in [3.05, 3.63) is 23.0 Å². The maximum absolute atomic E-state index is 13.7. The van der Waals surface area contributed by atoms with E-state index in [-0.39, 0.29) is 11.6 Å². The molecule has 21 heavy (non-hydrogen) atoms. The maximum Gasteiger partial charge on any atom is 0.243 e. The highest BCUT2D eigenvalue weighted by atomic mass is 35.5. The monoisotopic (exact) mass is 359 g/mol. The molecule has 0 fully saturated rings. The Morgan fingerprint density at radius 3 is 2.43 bits per heavy atom. The Balaban J connectivity index is 2.89. The van der Waals surface area contributed by atoms with Crippen LogP contribution < -0.4 is 15.2 Å². The highest BCUT2D eigenvalue weighted by Crippen LogP contribution is 2.24. The number of nitrogen functional groups attached to an aromatic ring is 1. The molecule has 0 atom stereocenters. The van der Waals surface area contributed by atoms with Crippen molar-refractivity contribution in [2.75, 3.05) is 24.6 Å². The van der Waals surface area contributed by atoms with E-state index >= 15 is 0 Å². The Morgan fingerprint density at radius 1 is 1.24 bits per heavy atom. The summed E-state index contributed by atoms with van der Waals surface area (Å²) >= 11 is 5.63. The van der Waals surface area contributed by atoms with E-state index in [4.69, 9.17) is 17.3 Å². The molecular weight excluding hydrogens is 345 g/mol. The Morgan fingerprint density at radius 2 is 1.86 bits per heavy atom. The van der Waals surface area contributed by atoms with E-state index in [9.17, 15) is 21.2 Å². The fraction of sp³-hybridized carbons (Fsp3) is 0.400. The summed E-state index contributed by atoms with van der Waals surface area (Å²) in [6.45, 7) is 1.36. The summed E-state index contributed by atoms with van der Waals surface area (Å²) in [6, 6.07) is 1.97. The maximum atomic E-state index is 13.7. The van der Waals surface area contributed by atoms with Gasteiger partial charge in [0.25, 0.3) is 0 Å². The third-order valence-electron chi connectivity index (χ3n) is 2.35. The van der Waals surface area contributed by atoms with Gasteiger partial charge in [0.2, 0.25) is 20.0 Å². The molecule has 0 aliphatic carbocycles. The number of nitrogens with one attached hydrogen (secondary N) is 2. The van der Waals surface area contributed by atoms with Gasteiger partial charge in [0.15, 0.2) is 5.82 Å². The van der Waals surface area contributed by atoms with Gasteiger partial charge in [0.05, 0.1) is 11.4 Å². The average Bonchev–Trinajstić information content (AvgIpc) is 2.32. The van der Waals surface area contributed by atoms with E-state index in [1.165, 1.54) is 0 Å². The zero-order chi connectivity index (χ0) is 16.3. The quantitative estimate of drug-likeness (QED) is 0.604. The molecule has 0 saturated heterocycles. The molecule has 0 aromatic heterocycles. The number of nitrogens with two attached hydrogens (primary N) is 1. The molecule has 0 saturated carbocycles. The van der Waals surface area contributed by atoms with Crippen LogP contribution in [0.2, 0.25) is 5.02 Å². The second kappa shape index (κ2) is 6.88. The predicted molar refractivity (Wildman–Crippen MR) is 78.5 cm³/mol. The summed E-state index contributed by atoms with van der Waals surface area (Å²) in [5, 5.41) is -0.0467. The first kappa shape index (κ1) is 18.1. The summed E-state index contributed by atoms with van der Waals surface area (Å²) < 4.78 is 64.5. The van der Waals surface area contributed by atoms with Gasteiger partial charge >= 0.3 is 0 Å². The summed E-state index contributed by atoms with van der Waals surface area (Å²) in [6.07, 6.45) is 0. The van der Waals surface area contributed by atoms with Crippen molar-refractivity contribution in [3.8, 4) is 0 Å². The van der Waals surface area contributed by atoms with Gasteiger partial charge in [-0.2, -0.15) is 0 Å². The van der Waals surface area contributed by atoms with Crippen molar-refractivity contribution in [1.82, 2.24) is 9.44 Å². The van der Waals surface area contributed by atoms with Crippen LogP contribution >= 0.6 is 11.6 Å². The highest BCUT2D eigenvalue weighted by Gasteiger charge is 2.22. The van der Waals surface area contributed by atoms with Crippen molar-refractivity contribution in [1.29, 1.82) is 0 Å². The first-order valence-electron chi connectivity index (χ1n) is 5.80. The number of anilines is 1. The fourth-order valence-corrected chi connectivity index (χ4v) is 4.00. The molecule has 0 heterocycles. The molecular formula is C10H15ClFN3O4S2. The largest absolute Gasteiger partial charge is 0.396 e. The minimum absolute atomic E-state index is 0.0467. The number of sulfonamides is 2. The lowest BCUT2D eigenvalue weighted by Gasteiger charge is -2.10. The van der Waals surface area contributed by atoms with E-state index in [0.717, 1.165) is 12.1 Å². The highest BCUT2D eigenvalue weighted by molar-refractivity contribution is 7.90. The summed E-state index contributed by atoms with van der Waals surface area (Å²) in [7, 11) is -7.84. The van der Waals surface area contributed by atoms with E-state index < -0.39 is 48.7 Å². The van der Waals surface area contributed by atoms with E-state index in [1.807, 2.05) is 4.72 Å². The Labute approximate surface area is 127 Å². The fourth-order valence-electron chi connectivity index (χ4n) is 1.46. The van der Waals surface area contributed by atoms with Crippen molar-refractivity contribution in [3.63, 3.8) is 0 Å². The van der Waals surface area contributed by atoms with Crippen molar-refractivity contribution >= 4 is 37.3 Å². The Hall–Kier alpha value is -0.940. The van der Waals surface area contributed by atoms with Gasteiger partial charge in [-0.25, -0.2) is 30.7 Å². The zero-order valence-corrected chi connectivity index (χ0v) is 13.4. The average molecular weight is 360 g/mol. The second-order valence-electron chi connectivity index (χ2n) is 4.02. The Kier molecular flexibility index (Phi) is 5.93. The standard InChI is InChI=1S/C10H15ClFN3O4S2/c1-2-14-20(16,17)4-3-15-21(18,19)9-6-7(11)5-8(13)10(9)12/h5-6,14-15H,2-4,13H2,1H3. The third-order valence-corrected chi connectivity index (χ3v) is 5.50. The summed E-state index contributed by atoms with van der Waals surface area (Å²) in [4.78, 5) is -0.728. The third kappa shape index (κ3) is 5.08. The van der Waals surface area contributed by atoms with Crippen LogP contribution in [0.1, 0.15) is 6.92 Å². The molecule has 0 spiro atoms. The van der Waals surface area contributed by atoms with Crippen LogP contribution in [0, 0.1) is 5.82 Å². The van der Waals surface area contributed by atoms with Crippen molar-refractivity contribution in [2.45, 2.75) is 11.8 Å². The first-order valence-corrected chi connectivity index (χ1v) is 9.32. The topological polar surface area (TPSA) is 118 Å². The first-order chi connectivity index (χ1) is 9.59. The van der Waals surface area contributed by atoms with Gasteiger partial charge in [-0.15, -0.1) is 0 Å². The molecule has 1 rings (SSSR count). The van der Waals surface area contributed by atoms with E-state index in [2.05, 4.69) is 4.72 Å².